The van der Waals surface area contributed by atoms with Gasteiger partial charge in [-0.25, -0.2) is 0 Å². The summed E-state index contributed by atoms with van der Waals surface area (Å²) < 4.78 is 5.79. The van der Waals surface area contributed by atoms with Crippen molar-refractivity contribution in [2.24, 2.45) is 0 Å². The van der Waals surface area contributed by atoms with E-state index >= 15 is 0 Å². The second kappa shape index (κ2) is 7.87. The van der Waals surface area contributed by atoms with Gasteiger partial charge >= 0.3 is 0 Å². The molecule has 0 saturated heterocycles. The van der Waals surface area contributed by atoms with E-state index in [1.807, 2.05) is 62.4 Å². The monoisotopic (exact) mass is 350 g/mol. The molecule has 0 unspecified atom stereocenters. The van der Waals surface area contributed by atoms with Gasteiger partial charge in [-0.15, -0.1) is 0 Å². The van der Waals surface area contributed by atoms with Crippen LogP contribution in [-0.4, -0.2) is 29.8 Å². The van der Waals surface area contributed by atoms with Crippen molar-refractivity contribution in [1.29, 1.82) is 0 Å². The zero-order chi connectivity index (χ0) is 18.5. The highest BCUT2D eigenvalue weighted by molar-refractivity contribution is 6.11. The summed E-state index contributed by atoms with van der Waals surface area (Å²) in [6.07, 6.45) is 0.235. The molecule has 2 aromatic carbocycles. The Hall–Kier alpha value is -3.08. The number of benzene rings is 2. The average Bonchev–Trinajstić information content (AvgIpc) is 3.02. The quantitative estimate of drug-likeness (QED) is 0.728. The van der Waals surface area contributed by atoms with E-state index in [0.717, 1.165) is 10.9 Å². The first-order valence-electron chi connectivity index (χ1n) is 8.78. The van der Waals surface area contributed by atoms with Crippen molar-refractivity contribution in [2.45, 2.75) is 20.3 Å². The summed E-state index contributed by atoms with van der Waals surface area (Å²) >= 11 is 0. The minimum atomic E-state index is -0.221. The summed E-state index contributed by atoms with van der Waals surface area (Å²) in [6, 6.07) is 16.8. The standard InChI is InChI=1S/C21H22N2O3/c1-3-23(4-2)21(25)20-19(16-12-8-9-13-17(16)26-20)22-18(24)14-15-10-6-5-7-11-15/h5-13H,3-4,14H2,1-2H3,(H,22,24). The Morgan fingerprint density at radius 3 is 2.31 bits per heavy atom. The molecule has 0 fully saturated rings. The lowest BCUT2D eigenvalue weighted by Crippen LogP contribution is -2.31. The lowest BCUT2D eigenvalue weighted by molar-refractivity contribution is -0.115. The third kappa shape index (κ3) is 3.61. The lowest BCUT2D eigenvalue weighted by atomic mass is 10.1. The number of rotatable bonds is 6. The van der Waals surface area contributed by atoms with E-state index in [9.17, 15) is 9.59 Å². The van der Waals surface area contributed by atoms with Crippen LogP contribution in [0.4, 0.5) is 5.69 Å². The topological polar surface area (TPSA) is 62.6 Å². The predicted octanol–water partition coefficient (Wildman–Crippen LogP) is 4.10. The van der Waals surface area contributed by atoms with Crippen LogP contribution in [0.5, 0.6) is 0 Å². The van der Waals surface area contributed by atoms with Crippen molar-refractivity contribution >= 4 is 28.5 Å². The van der Waals surface area contributed by atoms with E-state index in [1.165, 1.54) is 0 Å². The second-order valence-corrected chi connectivity index (χ2v) is 5.99. The highest BCUT2D eigenvalue weighted by Gasteiger charge is 2.25. The summed E-state index contributed by atoms with van der Waals surface area (Å²) in [6.45, 7) is 4.98. The fraction of sp³-hybridized carbons (Fsp3) is 0.238. The molecule has 0 aliphatic heterocycles. The summed E-state index contributed by atoms with van der Waals surface area (Å²) in [4.78, 5) is 27.0. The third-order valence-corrected chi connectivity index (χ3v) is 4.31. The van der Waals surface area contributed by atoms with E-state index < -0.39 is 0 Å². The van der Waals surface area contributed by atoms with Crippen LogP contribution in [0.1, 0.15) is 30.0 Å². The smallest absolute Gasteiger partial charge is 0.291 e. The Bertz CT molecular complexity index is 911. The SMILES string of the molecule is CCN(CC)C(=O)c1oc2ccccc2c1NC(=O)Cc1ccccc1. The Morgan fingerprint density at radius 2 is 1.62 bits per heavy atom. The zero-order valence-corrected chi connectivity index (χ0v) is 15.0. The Labute approximate surface area is 152 Å². The lowest BCUT2D eigenvalue weighted by Gasteiger charge is -2.17. The number of fused-ring (bicyclic) bond motifs is 1. The van der Waals surface area contributed by atoms with Crippen LogP contribution in [0, 0.1) is 0 Å². The number of hydrogen-bond acceptors (Lipinski definition) is 3. The van der Waals surface area contributed by atoms with Gasteiger partial charge in [-0.05, 0) is 31.5 Å². The fourth-order valence-electron chi connectivity index (χ4n) is 2.94. The highest BCUT2D eigenvalue weighted by atomic mass is 16.3. The number of carbonyl (C=O) groups excluding carboxylic acids is 2. The van der Waals surface area contributed by atoms with Crippen LogP contribution in [0.25, 0.3) is 11.0 Å². The molecule has 0 atom stereocenters. The summed E-state index contributed by atoms with van der Waals surface area (Å²) in [5, 5.41) is 3.61. The van der Waals surface area contributed by atoms with Crippen molar-refractivity contribution in [1.82, 2.24) is 4.90 Å². The number of nitrogens with zero attached hydrogens (tertiary/aromatic N) is 1. The molecule has 0 aliphatic carbocycles. The minimum absolute atomic E-state index is 0.177. The Balaban J connectivity index is 1.94. The summed E-state index contributed by atoms with van der Waals surface area (Å²) in [7, 11) is 0. The molecular formula is C21H22N2O3. The van der Waals surface area contributed by atoms with E-state index in [0.29, 0.717) is 24.4 Å². The molecular weight excluding hydrogens is 328 g/mol. The molecule has 3 aromatic rings. The minimum Gasteiger partial charge on any atom is -0.449 e. The molecule has 5 nitrogen and oxygen atoms in total. The van der Waals surface area contributed by atoms with Gasteiger partial charge in [-0.1, -0.05) is 42.5 Å². The summed E-state index contributed by atoms with van der Waals surface area (Å²) in [5.74, 6) is -0.228. The molecule has 3 rings (SSSR count). The van der Waals surface area contributed by atoms with Gasteiger partial charge < -0.3 is 14.6 Å². The summed E-state index contributed by atoms with van der Waals surface area (Å²) in [5.41, 5.74) is 1.94. The molecule has 5 heteroatoms. The number of furan rings is 1. The van der Waals surface area contributed by atoms with Crippen molar-refractivity contribution < 1.29 is 14.0 Å². The number of carbonyl (C=O) groups is 2. The number of nitrogens with one attached hydrogen (secondary N) is 1. The van der Waals surface area contributed by atoms with Gasteiger partial charge in [0.05, 0.1) is 6.42 Å². The normalized spacial score (nSPS) is 10.7. The Kier molecular flexibility index (Phi) is 5.37. The first-order chi connectivity index (χ1) is 12.6. The molecule has 1 aromatic heterocycles. The first-order valence-corrected chi connectivity index (χ1v) is 8.78. The van der Waals surface area contributed by atoms with Gasteiger partial charge in [0, 0.05) is 18.5 Å². The van der Waals surface area contributed by atoms with Gasteiger partial charge in [-0.2, -0.15) is 0 Å². The van der Waals surface area contributed by atoms with Gasteiger partial charge in [0.25, 0.3) is 5.91 Å². The molecule has 0 aliphatic rings. The van der Waals surface area contributed by atoms with E-state index in [-0.39, 0.29) is 24.0 Å². The Morgan fingerprint density at radius 1 is 0.962 bits per heavy atom. The van der Waals surface area contributed by atoms with Crippen LogP contribution in [0.2, 0.25) is 0 Å². The van der Waals surface area contributed by atoms with Crippen LogP contribution in [-0.2, 0) is 11.2 Å². The fourth-order valence-corrected chi connectivity index (χ4v) is 2.94. The third-order valence-electron chi connectivity index (χ3n) is 4.31. The number of hydrogen-bond donors (Lipinski definition) is 1. The maximum atomic E-state index is 12.8. The van der Waals surface area contributed by atoms with E-state index in [1.54, 1.807) is 11.0 Å². The van der Waals surface area contributed by atoms with E-state index in [2.05, 4.69) is 5.32 Å². The molecule has 134 valence electrons. The van der Waals surface area contributed by atoms with Crippen LogP contribution >= 0.6 is 0 Å². The van der Waals surface area contributed by atoms with Gasteiger partial charge in [0.15, 0.2) is 0 Å². The van der Waals surface area contributed by atoms with Crippen molar-refractivity contribution in [3.05, 3.63) is 65.9 Å². The van der Waals surface area contributed by atoms with Gasteiger partial charge in [-0.3, -0.25) is 9.59 Å². The molecule has 26 heavy (non-hydrogen) atoms. The molecule has 1 N–H and O–H groups in total. The molecule has 0 bridgehead atoms. The van der Waals surface area contributed by atoms with Gasteiger partial charge in [0.2, 0.25) is 11.7 Å². The van der Waals surface area contributed by atoms with Crippen molar-refractivity contribution in [3.63, 3.8) is 0 Å². The van der Waals surface area contributed by atoms with Crippen LogP contribution in [0.15, 0.2) is 59.0 Å². The number of para-hydroxylation sites is 1. The molecule has 0 spiro atoms. The number of anilines is 1. The molecule has 2 amide bonds. The van der Waals surface area contributed by atoms with Crippen LogP contribution < -0.4 is 5.32 Å². The van der Waals surface area contributed by atoms with Crippen molar-refractivity contribution in [2.75, 3.05) is 18.4 Å². The molecule has 1 heterocycles. The zero-order valence-electron chi connectivity index (χ0n) is 15.0. The maximum absolute atomic E-state index is 12.8. The first kappa shape index (κ1) is 17.7. The second-order valence-electron chi connectivity index (χ2n) is 5.99. The highest BCUT2D eigenvalue weighted by Crippen LogP contribution is 2.32. The maximum Gasteiger partial charge on any atom is 0.291 e. The molecule has 0 radical (unpaired) electrons. The van der Waals surface area contributed by atoms with Gasteiger partial charge in [0.1, 0.15) is 11.3 Å². The van der Waals surface area contributed by atoms with E-state index in [4.69, 9.17) is 4.42 Å². The van der Waals surface area contributed by atoms with Crippen LogP contribution in [0.3, 0.4) is 0 Å². The largest absolute Gasteiger partial charge is 0.449 e. The number of amides is 2. The molecule has 0 saturated carbocycles. The van der Waals surface area contributed by atoms with Crippen molar-refractivity contribution in [3.8, 4) is 0 Å². The predicted molar refractivity (Wildman–Crippen MR) is 102 cm³/mol. The average molecular weight is 350 g/mol.